The van der Waals surface area contributed by atoms with Gasteiger partial charge in [-0.25, -0.2) is 0 Å². The van der Waals surface area contributed by atoms with Crippen LogP contribution in [0.1, 0.15) is 6.42 Å². The molecule has 1 aliphatic heterocycles. The summed E-state index contributed by atoms with van der Waals surface area (Å²) in [5.41, 5.74) is 1.81. The van der Waals surface area contributed by atoms with Crippen LogP contribution < -0.4 is 16.0 Å². The summed E-state index contributed by atoms with van der Waals surface area (Å²) < 4.78 is 1.85. The third kappa shape index (κ3) is 2.60. The Balaban J connectivity index is 1.62. The molecule has 112 valence electrons. The van der Waals surface area contributed by atoms with Gasteiger partial charge in [-0.2, -0.15) is 9.50 Å². The topological polar surface area (TPSA) is 66.3 Å². The minimum atomic E-state index is 0.445. The molecule has 6 heteroatoms. The summed E-state index contributed by atoms with van der Waals surface area (Å²) in [5, 5.41) is 14.7. The van der Waals surface area contributed by atoms with Crippen molar-refractivity contribution >= 4 is 23.1 Å². The van der Waals surface area contributed by atoms with Crippen molar-refractivity contribution in [3.63, 3.8) is 0 Å². The zero-order chi connectivity index (χ0) is 14.8. The number of rotatable bonds is 4. The number of fused-ring (bicyclic) bond motifs is 1. The molecule has 0 radical (unpaired) electrons. The molecule has 1 fully saturated rings. The molecule has 0 amide bonds. The van der Waals surface area contributed by atoms with Crippen LogP contribution in [-0.2, 0) is 0 Å². The van der Waals surface area contributed by atoms with Crippen LogP contribution >= 0.6 is 0 Å². The Morgan fingerprint density at radius 1 is 1.09 bits per heavy atom. The molecule has 22 heavy (non-hydrogen) atoms. The normalized spacial score (nSPS) is 17.7. The van der Waals surface area contributed by atoms with Gasteiger partial charge in [0.2, 0.25) is 5.95 Å². The predicted molar refractivity (Wildman–Crippen MR) is 87.6 cm³/mol. The summed E-state index contributed by atoms with van der Waals surface area (Å²) in [6.07, 6.45) is 1.13. The standard InChI is InChI=1S/C16H18N6/c1-2-5-12(6-3-1)19-16-20-15-8-4-7-14(22(15)21-16)18-13-9-10-17-11-13/h1-8,13,17-18H,9-11H2,(H,19,21)/t13-/m0/s1. The molecule has 1 atom stereocenters. The van der Waals surface area contributed by atoms with Gasteiger partial charge < -0.3 is 16.0 Å². The summed E-state index contributed by atoms with van der Waals surface area (Å²) >= 11 is 0. The third-order valence-corrected chi connectivity index (χ3v) is 3.80. The minimum Gasteiger partial charge on any atom is -0.366 e. The lowest BCUT2D eigenvalue weighted by Crippen LogP contribution is -2.23. The number of para-hydroxylation sites is 1. The van der Waals surface area contributed by atoms with E-state index in [0.717, 1.165) is 36.7 Å². The molecule has 0 saturated carbocycles. The number of aromatic nitrogens is 3. The van der Waals surface area contributed by atoms with E-state index in [1.54, 1.807) is 0 Å². The molecule has 3 heterocycles. The summed E-state index contributed by atoms with van der Waals surface area (Å²) in [7, 11) is 0. The highest BCUT2D eigenvalue weighted by molar-refractivity contribution is 5.57. The molecule has 0 bridgehead atoms. The lowest BCUT2D eigenvalue weighted by molar-refractivity contribution is 0.777. The molecule has 1 aromatic carbocycles. The Bertz CT molecular complexity index is 761. The van der Waals surface area contributed by atoms with Gasteiger partial charge in [0.1, 0.15) is 5.82 Å². The maximum Gasteiger partial charge on any atom is 0.247 e. The Morgan fingerprint density at radius 3 is 2.82 bits per heavy atom. The smallest absolute Gasteiger partial charge is 0.247 e. The second-order valence-corrected chi connectivity index (χ2v) is 5.44. The number of nitrogens with one attached hydrogen (secondary N) is 3. The number of anilines is 3. The van der Waals surface area contributed by atoms with Gasteiger partial charge in [0.15, 0.2) is 5.65 Å². The average molecular weight is 294 g/mol. The van der Waals surface area contributed by atoms with Gasteiger partial charge in [-0.05, 0) is 37.2 Å². The lowest BCUT2D eigenvalue weighted by atomic mass is 10.2. The van der Waals surface area contributed by atoms with Crippen LogP contribution in [0.2, 0.25) is 0 Å². The Morgan fingerprint density at radius 2 is 2.00 bits per heavy atom. The fraction of sp³-hybridized carbons (Fsp3) is 0.250. The van der Waals surface area contributed by atoms with Crippen molar-refractivity contribution < 1.29 is 0 Å². The maximum absolute atomic E-state index is 4.56. The predicted octanol–water partition coefficient (Wildman–Crippen LogP) is 2.25. The highest BCUT2D eigenvalue weighted by atomic mass is 15.4. The van der Waals surface area contributed by atoms with Gasteiger partial charge in [-0.3, -0.25) is 0 Å². The molecule has 0 spiro atoms. The van der Waals surface area contributed by atoms with E-state index < -0.39 is 0 Å². The van der Waals surface area contributed by atoms with Gasteiger partial charge in [0, 0.05) is 18.3 Å². The number of hydrogen-bond donors (Lipinski definition) is 3. The first-order valence-electron chi connectivity index (χ1n) is 7.54. The Hall–Kier alpha value is -2.60. The lowest BCUT2D eigenvalue weighted by Gasteiger charge is -2.13. The summed E-state index contributed by atoms with van der Waals surface area (Å²) in [4.78, 5) is 4.53. The maximum atomic E-state index is 4.56. The van der Waals surface area contributed by atoms with Crippen LogP contribution in [0.15, 0.2) is 48.5 Å². The summed E-state index contributed by atoms with van der Waals surface area (Å²) in [6.45, 7) is 2.05. The average Bonchev–Trinajstić information content (AvgIpc) is 3.18. The van der Waals surface area contributed by atoms with Crippen molar-refractivity contribution in [1.29, 1.82) is 0 Å². The first-order chi connectivity index (χ1) is 10.9. The van der Waals surface area contributed by atoms with Crippen LogP contribution in [0.25, 0.3) is 5.65 Å². The van der Waals surface area contributed by atoms with E-state index in [1.807, 2.05) is 53.0 Å². The molecule has 4 rings (SSSR count). The van der Waals surface area contributed by atoms with Crippen LogP contribution in [0, 0.1) is 0 Å². The fourth-order valence-corrected chi connectivity index (χ4v) is 2.71. The minimum absolute atomic E-state index is 0.445. The largest absolute Gasteiger partial charge is 0.366 e. The van der Waals surface area contributed by atoms with E-state index >= 15 is 0 Å². The van der Waals surface area contributed by atoms with Crippen LogP contribution in [0.5, 0.6) is 0 Å². The van der Waals surface area contributed by atoms with Crippen molar-refractivity contribution in [1.82, 2.24) is 19.9 Å². The molecular formula is C16H18N6. The number of benzene rings is 1. The van der Waals surface area contributed by atoms with Gasteiger partial charge in [0.05, 0.1) is 0 Å². The van der Waals surface area contributed by atoms with Crippen molar-refractivity contribution in [3.8, 4) is 0 Å². The van der Waals surface area contributed by atoms with E-state index in [4.69, 9.17) is 0 Å². The quantitative estimate of drug-likeness (QED) is 0.689. The van der Waals surface area contributed by atoms with Gasteiger partial charge in [0.25, 0.3) is 0 Å². The first-order valence-corrected chi connectivity index (χ1v) is 7.54. The molecular weight excluding hydrogens is 276 g/mol. The Labute approximate surface area is 128 Å². The zero-order valence-corrected chi connectivity index (χ0v) is 12.2. The number of hydrogen-bond acceptors (Lipinski definition) is 5. The SMILES string of the molecule is c1ccc(Nc2nc3cccc(N[C@H]4CCNC4)n3n2)cc1. The molecule has 3 aromatic rings. The van der Waals surface area contributed by atoms with Crippen molar-refractivity contribution in [2.75, 3.05) is 23.7 Å². The summed E-state index contributed by atoms with van der Waals surface area (Å²) in [6, 6.07) is 16.4. The van der Waals surface area contributed by atoms with E-state index in [1.165, 1.54) is 0 Å². The van der Waals surface area contributed by atoms with Gasteiger partial charge in [-0.1, -0.05) is 24.3 Å². The van der Waals surface area contributed by atoms with E-state index in [-0.39, 0.29) is 0 Å². The monoisotopic (exact) mass is 294 g/mol. The number of pyridine rings is 1. The van der Waals surface area contributed by atoms with Crippen molar-refractivity contribution in [3.05, 3.63) is 48.5 Å². The first kappa shape index (κ1) is 13.1. The second-order valence-electron chi connectivity index (χ2n) is 5.44. The second kappa shape index (κ2) is 5.65. The highest BCUT2D eigenvalue weighted by Crippen LogP contribution is 2.17. The fourth-order valence-electron chi connectivity index (χ4n) is 2.71. The third-order valence-electron chi connectivity index (χ3n) is 3.80. The Kier molecular flexibility index (Phi) is 3.36. The molecule has 0 aliphatic carbocycles. The molecule has 1 aliphatic rings. The molecule has 1 saturated heterocycles. The van der Waals surface area contributed by atoms with Crippen molar-refractivity contribution in [2.45, 2.75) is 12.5 Å². The van der Waals surface area contributed by atoms with E-state index in [0.29, 0.717) is 12.0 Å². The number of nitrogens with zero attached hydrogens (tertiary/aromatic N) is 3. The van der Waals surface area contributed by atoms with Crippen LogP contribution in [0.4, 0.5) is 17.5 Å². The summed E-state index contributed by atoms with van der Waals surface area (Å²) in [5.74, 6) is 1.57. The van der Waals surface area contributed by atoms with Crippen molar-refractivity contribution in [2.24, 2.45) is 0 Å². The van der Waals surface area contributed by atoms with E-state index in [9.17, 15) is 0 Å². The van der Waals surface area contributed by atoms with Gasteiger partial charge >= 0.3 is 0 Å². The van der Waals surface area contributed by atoms with Crippen LogP contribution in [-0.4, -0.2) is 33.7 Å². The molecule has 2 aromatic heterocycles. The highest BCUT2D eigenvalue weighted by Gasteiger charge is 2.16. The van der Waals surface area contributed by atoms with Gasteiger partial charge in [-0.15, -0.1) is 5.10 Å². The van der Waals surface area contributed by atoms with E-state index in [2.05, 4.69) is 26.0 Å². The zero-order valence-electron chi connectivity index (χ0n) is 12.2. The molecule has 3 N–H and O–H groups in total. The molecule has 6 nitrogen and oxygen atoms in total. The molecule has 0 unspecified atom stereocenters. The van der Waals surface area contributed by atoms with Crippen LogP contribution in [0.3, 0.4) is 0 Å².